The second-order valence-electron chi connectivity index (χ2n) is 2.35. The van der Waals surface area contributed by atoms with Gasteiger partial charge in [0.15, 0.2) is 0 Å². The molecular weight excluding hydrogens is 251 g/mol. The van der Waals surface area contributed by atoms with E-state index in [-0.39, 0.29) is 0 Å². The molecule has 0 fully saturated rings. The highest BCUT2D eigenvalue weighted by molar-refractivity contribution is 14.1. The molecule has 0 radical (unpaired) electrons. The molecule has 0 bridgehead atoms. The molecule has 0 unspecified atom stereocenters. The molecule has 11 heavy (non-hydrogen) atoms. The summed E-state index contributed by atoms with van der Waals surface area (Å²) in [6, 6.07) is 6.20. The Kier molecular flexibility index (Phi) is 1.81. The van der Waals surface area contributed by atoms with Crippen molar-refractivity contribution in [2.24, 2.45) is 0 Å². The van der Waals surface area contributed by atoms with Crippen molar-refractivity contribution in [3.8, 4) is 0 Å². The predicted octanol–water partition coefficient (Wildman–Crippen LogP) is 2.50. The Bertz CT molecular complexity index is 367. The molecule has 1 aromatic heterocycles. The molecule has 0 saturated heterocycles. The summed E-state index contributed by atoms with van der Waals surface area (Å²) >= 11 is 2.35. The van der Waals surface area contributed by atoms with Gasteiger partial charge in [-0.25, -0.2) is 4.98 Å². The summed E-state index contributed by atoms with van der Waals surface area (Å²) < 4.78 is 1.01. The fourth-order valence-electron chi connectivity index (χ4n) is 1.13. The smallest absolute Gasteiger partial charge is 0.0932 e. The minimum absolute atomic E-state index is 1.01. The van der Waals surface area contributed by atoms with E-state index in [1.807, 2.05) is 6.07 Å². The van der Waals surface area contributed by atoms with E-state index in [4.69, 9.17) is 0 Å². The van der Waals surface area contributed by atoms with Crippen LogP contribution in [0.15, 0.2) is 24.5 Å². The van der Waals surface area contributed by atoms with E-state index in [0.717, 1.165) is 15.5 Å². The molecule has 0 saturated carbocycles. The SMILES string of the molecule is ICc1cccc2[nH]cnc12. The van der Waals surface area contributed by atoms with Crippen molar-refractivity contribution < 1.29 is 0 Å². The van der Waals surface area contributed by atoms with Gasteiger partial charge in [0.1, 0.15) is 0 Å². The highest BCUT2D eigenvalue weighted by atomic mass is 127. The zero-order chi connectivity index (χ0) is 7.68. The lowest BCUT2D eigenvalue weighted by Gasteiger charge is -1.94. The maximum Gasteiger partial charge on any atom is 0.0932 e. The minimum atomic E-state index is 1.01. The number of para-hydroxylation sites is 1. The summed E-state index contributed by atoms with van der Waals surface area (Å²) in [4.78, 5) is 7.31. The lowest BCUT2D eigenvalue weighted by Crippen LogP contribution is -1.78. The van der Waals surface area contributed by atoms with Gasteiger partial charge >= 0.3 is 0 Å². The van der Waals surface area contributed by atoms with Crippen LogP contribution in [0.25, 0.3) is 11.0 Å². The number of halogens is 1. The highest BCUT2D eigenvalue weighted by Gasteiger charge is 1.99. The van der Waals surface area contributed by atoms with E-state index in [9.17, 15) is 0 Å². The van der Waals surface area contributed by atoms with Crippen molar-refractivity contribution in [2.45, 2.75) is 4.43 Å². The standard InChI is InChI=1S/C8H7IN2/c9-4-6-2-1-3-7-8(6)11-5-10-7/h1-3,5H,4H2,(H,10,11). The number of nitrogens with one attached hydrogen (secondary N) is 1. The average Bonchev–Trinajstić information content (AvgIpc) is 2.50. The second kappa shape index (κ2) is 2.81. The number of benzene rings is 1. The number of aromatic nitrogens is 2. The van der Waals surface area contributed by atoms with Crippen LogP contribution in [0.5, 0.6) is 0 Å². The molecule has 2 aromatic rings. The Morgan fingerprint density at radius 1 is 1.45 bits per heavy atom. The van der Waals surface area contributed by atoms with Crippen LogP contribution in [-0.2, 0) is 4.43 Å². The molecule has 0 aliphatic rings. The molecule has 1 aromatic carbocycles. The van der Waals surface area contributed by atoms with Crippen molar-refractivity contribution in [2.75, 3.05) is 0 Å². The first-order chi connectivity index (χ1) is 5.42. The van der Waals surface area contributed by atoms with Crippen LogP contribution in [-0.4, -0.2) is 9.97 Å². The number of aromatic amines is 1. The van der Waals surface area contributed by atoms with Gasteiger partial charge in [0.2, 0.25) is 0 Å². The van der Waals surface area contributed by atoms with Crippen LogP contribution in [0.4, 0.5) is 0 Å². The van der Waals surface area contributed by atoms with Gasteiger partial charge in [-0.15, -0.1) is 0 Å². The number of imidazole rings is 1. The van der Waals surface area contributed by atoms with E-state index >= 15 is 0 Å². The summed E-state index contributed by atoms with van der Waals surface area (Å²) in [5, 5.41) is 0. The Morgan fingerprint density at radius 2 is 2.36 bits per heavy atom. The first kappa shape index (κ1) is 7.09. The van der Waals surface area contributed by atoms with E-state index in [0.29, 0.717) is 0 Å². The molecule has 0 amide bonds. The number of hydrogen-bond donors (Lipinski definition) is 1. The van der Waals surface area contributed by atoms with Gasteiger partial charge in [-0.3, -0.25) is 0 Å². The fraction of sp³-hybridized carbons (Fsp3) is 0.125. The monoisotopic (exact) mass is 258 g/mol. The van der Waals surface area contributed by atoms with Crippen LogP contribution < -0.4 is 0 Å². The first-order valence-electron chi connectivity index (χ1n) is 3.39. The van der Waals surface area contributed by atoms with E-state index in [1.165, 1.54) is 5.56 Å². The van der Waals surface area contributed by atoms with Gasteiger partial charge in [-0.2, -0.15) is 0 Å². The summed E-state index contributed by atoms with van der Waals surface area (Å²) in [6.45, 7) is 0. The number of fused-ring (bicyclic) bond motifs is 1. The Hall–Kier alpha value is -0.580. The van der Waals surface area contributed by atoms with E-state index in [2.05, 4.69) is 44.7 Å². The van der Waals surface area contributed by atoms with E-state index in [1.54, 1.807) is 6.33 Å². The molecule has 3 heteroatoms. The average molecular weight is 258 g/mol. The number of alkyl halides is 1. The molecule has 2 rings (SSSR count). The molecule has 0 aliphatic heterocycles. The van der Waals surface area contributed by atoms with Crippen LogP contribution in [0.1, 0.15) is 5.56 Å². The maximum atomic E-state index is 4.23. The number of hydrogen-bond acceptors (Lipinski definition) is 1. The molecule has 56 valence electrons. The lowest BCUT2D eigenvalue weighted by atomic mass is 10.2. The third-order valence-corrected chi connectivity index (χ3v) is 2.50. The Labute approximate surface area is 78.2 Å². The van der Waals surface area contributed by atoms with Gasteiger partial charge in [-0.05, 0) is 11.6 Å². The van der Waals surface area contributed by atoms with Crippen molar-refractivity contribution in [3.63, 3.8) is 0 Å². The lowest BCUT2D eigenvalue weighted by molar-refractivity contribution is 1.34. The first-order valence-corrected chi connectivity index (χ1v) is 4.91. The number of rotatable bonds is 1. The van der Waals surface area contributed by atoms with Crippen molar-refractivity contribution in [1.29, 1.82) is 0 Å². The predicted molar refractivity (Wildman–Crippen MR) is 53.8 cm³/mol. The van der Waals surface area contributed by atoms with Gasteiger partial charge < -0.3 is 4.98 Å². The molecule has 0 spiro atoms. The summed E-state index contributed by atoms with van der Waals surface area (Å²) in [7, 11) is 0. The Balaban J connectivity index is 2.79. The number of H-pyrrole nitrogens is 1. The molecule has 1 heterocycles. The van der Waals surface area contributed by atoms with Crippen LogP contribution in [0, 0.1) is 0 Å². The van der Waals surface area contributed by atoms with Crippen LogP contribution in [0.3, 0.4) is 0 Å². The third kappa shape index (κ3) is 1.13. The van der Waals surface area contributed by atoms with Gasteiger partial charge in [0, 0.05) is 4.43 Å². The molecule has 0 aliphatic carbocycles. The third-order valence-electron chi connectivity index (χ3n) is 1.68. The maximum absolute atomic E-state index is 4.23. The number of nitrogens with zero attached hydrogens (tertiary/aromatic N) is 1. The van der Waals surface area contributed by atoms with Crippen LogP contribution in [0.2, 0.25) is 0 Å². The Morgan fingerprint density at radius 3 is 3.18 bits per heavy atom. The van der Waals surface area contributed by atoms with Crippen molar-refractivity contribution in [1.82, 2.24) is 9.97 Å². The molecule has 2 nitrogen and oxygen atoms in total. The van der Waals surface area contributed by atoms with Gasteiger partial charge in [0.25, 0.3) is 0 Å². The second-order valence-corrected chi connectivity index (χ2v) is 3.11. The topological polar surface area (TPSA) is 28.7 Å². The summed E-state index contributed by atoms with van der Waals surface area (Å²) in [5.74, 6) is 0. The zero-order valence-electron chi connectivity index (χ0n) is 5.84. The zero-order valence-corrected chi connectivity index (χ0v) is 8.00. The van der Waals surface area contributed by atoms with Gasteiger partial charge in [0.05, 0.1) is 17.4 Å². The van der Waals surface area contributed by atoms with Crippen LogP contribution >= 0.6 is 22.6 Å². The van der Waals surface area contributed by atoms with E-state index < -0.39 is 0 Å². The van der Waals surface area contributed by atoms with Crippen molar-refractivity contribution in [3.05, 3.63) is 30.1 Å². The molecule has 0 atom stereocenters. The quantitative estimate of drug-likeness (QED) is 0.617. The fourth-order valence-corrected chi connectivity index (χ4v) is 1.75. The highest BCUT2D eigenvalue weighted by Crippen LogP contribution is 2.16. The normalized spacial score (nSPS) is 10.6. The molecular formula is C8H7IN2. The summed E-state index contributed by atoms with van der Waals surface area (Å²) in [5.41, 5.74) is 3.52. The van der Waals surface area contributed by atoms with Gasteiger partial charge in [-0.1, -0.05) is 34.7 Å². The summed E-state index contributed by atoms with van der Waals surface area (Å²) in [6.07, 6.45) is 1.74. The van der Waals surface area contributed by atoms with Crippen molar-refractivity contribution >= 4 is 33.6 Å². The minimum Gasteiger partial charge on any atom is -0.345 e. The largest absolute Gasteiger partial charge is 0.345 e. The molecule has 1 N–H and O–H groups in total.